The lowest BCUT2D eigenvalue weighted by Gasteiger charge is -2.00. The van der Waals surface area contributed by atoms with Gasteiger partial charge in [0.05, 0.1) is 4.47 Å². The van der Waals surface area contributed by atoms with Crippen LogP contribution in [-0.2, 0) is 0 Å². The van der Waals surface area contributed by atoms with Gasteiger partial charge in [0, 0.05) is 3.57 Å². The van der Waals surface area contributed by atoms with Crippen LogP contribution in [0.2, 0.25) is 0 Å². The van der Waals surface area contributed by atoms with E-state index in [4.69, 9.17) is 0 Å². The lowest BCUT2D eigenvalue weighted by atomic mass is 10.2. The van der Waals surface area contributed by atoms with E-state index in [9.17, 15) is 4.39 Å². The van der Waals surface area contributed by atoms with Crippen LogP contribution in [0.1, 0.15) is 5.56 Å². The van der Waals surface area contributed by atoms with Crippen LogP contribution in [0.5, 0.6) is 0 Å². The summed E-state index contributed by atoms with van der Waals surface area (Å²) in [4.78, 5) is 0. The van der Waals surface area contributed by atoms with Crippen LogP contribution in [0.25, 0.3) is 0 Å². The van der Waals surface area contributed by atoms with Crippen molar-refractivity contribution in [2.45, 2.75) is 6.92 Å². The topological polar surface area (TPSA) is 0 Å². The second-order valence-corrected chi connectivity index (χ2v) is 3.92. The fourth-order valence-corrected chi connectivity index (χ4v) is 1.79. The van der Waals surface area contributed by atoms with E-state index >= 15 is 0 Å². The minimum atomic E-state index is -0.196. The zero-order valence-electron chi connectivity index (χ0n) is 5.29. The number of rotatable bonds is 0. The summed E-state index contributed by atoms with van der Waals surface area (Å²) in [5, 5.41) is 0. The van der Waals surface area contributed by atoms with Crippen molar-refractivity contribution in [1.82, 2.24) is 0 Å². The summed E-state index contributed by atoms with van der Waals surface area (Å²) in [6.45, 7) is 1.88. The van der Waals surface area contributed by atoms with Crippen molar-refractivity contribution in [2.75, 3.05) is 0 Å². The molecule has 0 fully saturated rings. The van der Waals surface area contributed by atoms with E-state index in [2.05, 4.69) is 38.5 Å². The van der Waals surface area contributed by atoms with Gasteiger partial charge in [-0.2, -0.15) is 0 Å². The Labute approximate surface area is 81.1 Å². The maximum atomic E-state index is 12.7. The largest absolute Gasteiger partial charge is 0.206 e. The van der Waals surface area contributed by atoms with E-state index in [1.165, 1.54) is 6.07 Å². The van der Waals surface area contributed by atoms with Crippen molar-refractivity contribution in [1.29, 1.82) is 0 Å². The lowest BCUT2D eigenvalue weighted by molar-refractivity contribution is 0.619. The molecular formula is C7H5BrFI. The average Bonchev–Trinajstić information content (AvgIpc) is 1.93. The molecular weight excluding hydrogens is 310 g/mol. The first-order valence-corrected chi connectivity index (χ1v) is 4.60. The summed E-state index contributed by atoms with van der Waals surface area (Å²) < 4.78 is 14.4. The first kappa shape index (κ1) is 8.46. The summed E-state index contributed by atoms with van der Waals surface area (Å²) in [6.07, 6.45) is 0. The molecule has 0 saturated carbocycles. The quantitative estimate of drug-likeness (QED) is 0.508. The van der Waals surface area contributed by atoms with Crippen LogP contribution in [-0.4, -0.2) is 0 Å². The van der Waals surface area contributed by atoms with Crippen LogP contribution in [0.3, 0.4) is 0 Å². The van der Waals surface area contributed by atoms with Gasteiger partial charge < -0.3 is 0 Å². The number of hydrogen-bond donors (Lipinski definition) is 0. The van der Waals surface area contributed by atoms with Gasteiger partial charge in [0.25, 0.3) is 0 Å². The SMILES string of the molecule is Cc1c(I)ccc(F)c1Br. The standard InChI is InChI=1S/C7H5BrFI/c1-4-6(10)3-2-5(9)7(4)8/h2-3H,1H3. The summed E-state index contributed by atoms with van der Waals surface area (Å²) in [5.74, 6) is -0.196. The van der Waals surface area contributed by atoms with E-state index in [1.807, 2.05) is 6.92 Å². The maximum absolute atomic E-state index is 12.7. The molecule has 0 N–H and O–H groups in total. The van der Waals surface area contributed by atoms with Gasteiger partial charge in [-0.25, -0.2) is 4.39 Å². The molecule has 1 aromatic rings. The van der Waals surface area contributed by atoms with Crippen molar-refractivity contribution >= 4 is 38.5 Å². The summed E-state index contributed by atoms with van der Waals surface area (Å²) in [6, 6.07) is 3.22. The van der Waals surface area contributed by atoms with Gasteiger partial charge in [-0.15, -0.1) is 0 Å². The molecule has 0 unspecified atom stereocenters. The molecule has 3 heteroatoms. The van der Waals surface area contributed by atoms with Gasteiger partial charge in [0.2, 0.25) is 0 Å². The molecule has 0 aliphatic rings. The summed E-state index contributed by atoms with van der Waals surface area (Å²) in [5.41, 5.74) is 0.959. The van der Waals surface area contributed by atoms with Crippen LogP contribution >= 0.6 is 38.5 Å². The Hall–Kier alpha value is 0.360. The van der Waals surface area contributed by atoms with E-state index in [1.54, 1.807) is 6.07 Å². The fourth-order valence-electron chi connectivity index (χ4n) is 0.628. The molecule has 0 nitrogen and oxygen atoms in total. The molecule has 10 heavy (non-hydrogen) atoms. The lowest BCUT2D eigenvalue weighted by Crippen LogP contribution is -1.85. The van der Waals surface area contributed by atoms with Crippen LogP contribution in [0.15, 0.2) is 16.6 Å². The molecule has 1 rings (SSSR count). The predicted octanol–water partition coefficient (Wildman–Crippen LogP) is 3.50. The molecule has 0 spiro atoms. The fraction of sp³-hybridized carbons (Fsp3) is 0.143. The van der Waals surface area contributed by atoms with E-state index in [0.29, 0.717) is 4.47 Å². The molecule has 0 aliphatic heterocycles. The Morgan fingerprint density at radius 2 is 2.10 bits per heavy atom. The highest BCUT2D eigenvalue weighted by Gasteiger charge is 2.03. The molecule has 54 valence electrons. The highest BCUT2D eigenvalue weighted by atomic mass is 127. The third-order valence-corrected chi connectivity index (χ3v) is 3.42. The van der Waals surface area contributed by atoms with Gasteiger partial charge in [-0.05, 0) is 63.1 Å². The molecule has 0 radical (unpaired) electrons. The molecule has 0 aromatic heterocycles. The molecule has 0 saturated heterocycles. The molecule has 1 aromatic carbocycles. The maximum Gasteiger partial charge on any atom is 0.137 e. The van der Waals surface area contributed by atoms with Gasteiger partial charge in [0.15, 0.2) is 0 Å². The number of hydrogen-bond acceptors (Lipinski definition) is 0. The Kier molecular flexibility index (Phi) is 2.68. The Bertz CT molecular complexity index is 233. The van der Waals surface area contributed by atoms with Crippen molar-refractivity contribution in [3.05, 3.63) is 31.6 Å². The predicted molar refractivity (Wildman–Crippen MR) is 51.6 cm³/mol. The first-order chi connectivity index (χ1) is 4.63. The smallest absolute Gasteiger partial charge is 0.137 e. The normalized spacial score (nSPS) is 10.0. The van der Waals surface area contributed by atoms with Crippen molar-refractivity contribution in [3.8, 4) is 0 Å². The molecule has 0 aliphatic carbocycles. The summed E-state index contributed by atoms with van der Waals surface area (Å²) >= 11 is 5.32. The Balaban J connectivity index is 3.34. The van der Waals surface area contributed by atoms with E-state index in [0.717, 1.165) is 9.13 Å². The Morgan fingerprint density at radius 1 is 1.50 bits per heavy atom. The molecule has 0 bridgehead atoms. The monoisotopic (exact) mass is 314 g/mol. The highest BCUT2D eigenvalue weighted by molar-refractivity contribution is 14.1. The van der Waals surface area contributed by atoms with Crippen LogP contribution in [0, 0.1) is 16.3 Å². The molecule has 0 heterocycles. The van der Waals surface area contributed by atoms with Gasteiger partial charge in [-0.3, -0.25) is 0 Å². The zero-order chi connectivity index (χ0) is 7.72. The zero-order valence-corrected chi connectivity index (χ0v) is 9.03. The third kappa shape index (κ3) is 1.50. The molecule has 0 atom stereocenters. The number of halogens is 3. The first-order valence-electron chi connectivity index (χ1n) is 2.73. The van der Waals surface area contributed by atoms with Crippen LogP contribution < -0.4 is 0 Å². The van der Waals surface area contributed by atoms with Crippen LogP contribution in [0.4, 0.5) is 4.39 Å². The molecule has 0 amide bonds. The minimum Gasteiger partial charge on any atom is -0.206 e. The second-order valence-electron chi connectivity index (χ2n) is 1.97. The van der Waals surface area contributed by atoms with E-state index in [-0.39, 0.29) is 5.82 Å². The number of benzene rings is 1. The Morgan fingerprint density at radius 3 is 2.60 bits per heavy atom. The second kappa shape index (κ2) is 3.17. The average molecular weight is 315 g/mol. The highest BCUT2D eigenvalue weighted by Crippen LogP contribution is 2.23. The van der Waals surface area contributed by atoms with Crippen molar-refractivity contribution < 1.29 is 4.39 Å². The third-order valence-electron chi connectivity index (χ3n) is 1.27. The van der Waals surface area contributed by atoms with Gasteiger partial charge in [0.1, 0.15) is 5.82 Å². The summed E-state index contributed by atoms with van der Waals surface area (Å²) in [7, 11) is 0. The van der Waals surface area contributed by atoms with Gasteiger partial charge >= 0.3 is 0 Å². The van der Waals surface area contributed by atoms with Gasteiger partial charge in [-0.1, -0.05) is 0 Å². The minimum absolute atomic E-state index is 0.196. The van der Waals surface area contributed by atoms with Crippen molar-refractivity contribution in [2.24, 2.45) is 0 Å². The van der Waals surface area contributed by atoms with E-state index < -0.39 is 0 Å². The van der Waals surface area contributed by atoms with Crippen molar-refractivity contribution in [3.63, 3.8) is 0 Å².